The van der Waals surface area contributed by atoms with Gasteiger partial charge in [-0.25, -0.2) is 22.0 Å². The lowest BCUT2D eigenvalue weighted by Gasteiger charge is -2.11. The Balaban J connectivity index is 2.99. The second-order valence-electron chi connectivity index (χ2n) is 4.30. The molecule has 108 valence electrons. The molecule has 0 spiro atoms. The number of rotatable bonds is 6. The van der Waals surface area contributed by atoms with Crippen LogP contribution < -0.4 is 9.86 Å². The minimum absolute atomic E-state index is 0.0403. The lowest BCUT2D eigenvalue weighted by molar-refractivity contribution is 0.596. The van der Waals surface area contributed by atoms with Gasteiger partial charge in [0.1, 0.15) is 0 Å². The van der Waals surface area contributed by atoms with E-state index >= 15 is 0 Å². The van der Waals surface area contributed by atoms with Gasteiger partial charge in [0.15, 0.2) is 0 Å². The Hall–Kier alpha value is -1.12. The van der Waals surface area contributed by atoms with Crippen LogP contribution in [-0.4, -0.2) is 22.6 Å². The molecule has 0 aliphatic rings. The van der Waals surface area contributed by atoms with E-state index in [2.05, 4.69) is 4.72 Å². The van der Waals surface area contributed by atoms with Gasteiger partial charge in [0.25, 0.3) is 0 Å². The number of primary sulfonamides is 1. The first-order valence-corrected chi connectivity index (χ1v) is 8.99. The predicted molar refractivity (Wildman–Crippen MR) is 74.9 cm³/mol. The normalized spacial score (nSPS) is 12.4. The molecule has 0 aliphatic heterocycles. The zero-order valence-corrected chi connectivity index (χ0v) is 12.5. The number of nitrogens with one attached hydrogen (secondary N) is 1. The number of hydrogen-bond acceptors (Lipinski definition) is 4. The quantitative estimate of drug-likeness (QED) is 0.823. The fourth-order valence-corrected chi connectivity index (χ4v) is 3.41. The number of aryl methyl sites for hydroxylation is 1. The molecule has 1 aromatic carbocycles. The molecule has 1 rings (SSSR count). The van der Waals surface area contributed by atoms with Crippen molar-refractivity contribution in [3.05, 3.63) is 23.8 Å². The third-order valence-electron chi connectivity index (χ3n) is 2.56. The maximum Gasteiger partial charge on any atom is 0.238 e. The summed E-state index contributed by atoms with van der Waals surface area (Å²) < 4.78 is 48.2. The maximum absolute atomic E-state index is 11.7. The maximum atomic E-state index is 11.7. The highest BCUT2D eigenvalue weighted by molar-refractivity contribution is 7.92. The monoisotopic (exact) mass is 306 g/mol. The first-order valence-electron chi connectivity index (χ1n) is 5.79. The topological polar surface area (TPSA) is 106 Å². The Morgan fingerprint density at radius 2 is 1.84 bits per heavy atom. The van der Waals surface area contributed by atoms with Crippen molar-refractivity contribution >= 4 is 25.7 Å². The molecule has 0 saturated heterocycles. The molecule has 0 unspecified atom stereocenters. The zero-order chi connectivity index (χ0) is 14.7. The average molecular weight is 306 g/mol. The molecule has 8 heteroatoms. The highest BCUT2D eigenvalue weighted by Gasteiger charge is 2.13. The summed E-state index contributed by atoms with van der Waals surface area (Å²) in [6.07, 6.45) is 1.36. The number of hydrogen-bond donors (Lipinski definition) is 2. The summed E-state index contributed by atoms with van der Waals surface area (Å²) in [6.45, 7) is 3.52. The number of benzene rings is 1. The van der Waals surface area contributed by atoms with Crippen molar-refractivity contribution in [1.29, 1.82) is 0 Å². The summed E-state index contributed by atoms with van der Waals surface area (Å²) in [5.74, 6) is 0.0415. The minimum Gasteiger partial charge on any atom is -0.283 e. The second-order valence-corrected chi connectivity index (χ2v) is 7.70. The molecule has 0 atom stereocenters. The summed E-state index contributed by atoms with van der Waals surface area (Å²) >= 11 is 0. The summed E-state index contributed by atoms with van der Waals surface area (Å²) in [5.41, 5.74) is 0.870. The SMILES string of the molecule is CCCCS(=O)(=O)Nc1ccc(S(N)(=O)=O)cc1C. The Morgan fingerprint density at radius 1 is 1.21 bits per heavy atom. The lowest BCUT2D eigenvalue weighted by Crippen LogP contribution is -2.18. The van der Waals surface area contributed by atoms with Crippen molar-refractivity contribution in [2.75, 3.05) is 10.5 Å². The van der Waals surface area contributed by atoms with E-state index in [0.717, 1.165) is 6.42 Å². The molecule has 0 radical (unpaired) electrons. The molecule has 0 amide bonds. The van der Waals surface area contributed by atoms with E-state index < -0.39 is 20.0 Å². The summed E-state index contributed by atoms with van der Waals surface area (Å²) in [5, 5.41) is 5.00. The summed E-state index contributed by atoms with van der Waals surface area (Å²) in [4.78, 5) is -0.0403. The molecule has 1 aromatic rings. The highest BCUT2D eigenvalue weighted by atomic mass is 32.2. The molecule has 6 nitrogen and oxygen atoms in total. The van der Waals surface area contributed by atoms with Crippen LogP contribution in [0, 0.1) is 6.92 Å². The van der Waals surface area contributed by atoms with Gasteiger partial charge in [0, 0.05) is 0 Å². The van der Waals surface area contributed by atoms with Gasteiger partial charge < -0.3 is 0 Å². The van der Waals surface area contributed by atoms with Crippen LogP contribution >= 0.6 is 0 Å². The van der Waals surface area contributed by atoms with Gasteiger partial charge >= 0.3 is 0 Å². The third kappa shape index (κ3) is 4.81. The van der Waals surface area contributed by atoms with Crippen LogP contribution in [0.3, 0.4) is 0 Å². The molecule has 19 heavy (non-hydrogen) atoms. The Kier molecular flexibility index (Phi) is 4.94. The Morgan fingerprint density at radius 3 is 2.32 bits per heavy atom. The van der Waals surface area contributed by atoms with Crippen LogP contribution in [0.2, 0.25) is 0 Å². The largest absolute Gasteiger partial charge is 0.283 e. The molecule has 0 bridgehead atoms. The molecule has 0 fully saturated rings. The van der Waals surface area contributed by atoms with Crippen molar-refractivity contribution in [2.24, 2.45) is 5.14 Å². The van der Waals surface area contributed by atoms with Gasteiger partial charge in [0.2, 0.25) is 20.0 Å². The van der Waals surface area contributed by atoms with E-state index in [-0.39, 0.29) is 10.6 Å². The van der Waals surface area contributed by atoms with Gasteiger partial charge in [-0.3, -0.25) is 4.72 Å². The fraction of sp³-hybridized carbons (Fsp3) is 0.455. The van der Waals surface area contributed by atoms with Gasteiger partial charge in [-0.05, 0) is 37.1 Å². The van der Waals surface area contributed by atoms with Crippen LogP contribution in [0.25, 0.3) is 0 Å². The van der Waals surface area contributed by atoms with Gasteiger partial charge in [-0.1, -0.05) is 13.3 Å². The van der Waals surface area contributed by atoms with Crippen molar-refractivity contribution in [3.63, 3.8) is 0 Å². The first-order chi connectivity index (χ1) is 8.65. The van der Waals surface area contributed by atoms with Gasteiger partial charge in [-0.15, -0.1) is 0 Å². The number of sulfonamides is 2. The predicted octanol–water partition coefficient (Wildman–Crippen LogP) is 1.18. The Bertz CT molecular complexity index is 651. The average Bonchev–Trinajstić information content (AvgIpc) is 2.27. The number of unbranched alkanes of at least 4 members (excludes halogenated alkanes) is 1. The van der Waals surface area contributed by atoms with Crippen LogP contribution in [0.1, 0.15) is 25.3 Å². The molecule has 0 saturated carbocycles. The third-order valence-corrected chi connectivity index (χ3v) is 4.83. The standard InChI is InChI=1S/C11H18N2O4S2/c1-3-4-7-18(14,15)13-11-6-5-10(8-9(11)2)19(12,16)17/h5-6,8,13H,3-4,7H2,1-2H3,(H2,12,16,17). The van der Waals surface area contributed by atoms with Crippen molar-refractivity contribution < 1.29 is 16.8 Å². The van der Waals surface area contributed by atoms with E-state index in [0.29, 0.717) is 17.7 Å². The molecular formula is C11H18N2O4S2. The van der Waals surface area contributed by atoms with Crippen LogP contribution in [0.15, 0.2) is 23.1 Å². The second kappa shape index (κ2) is 5.89. The van der Waals surface area contributed by atoms with Gasteiger partial charge in [0.05, 0.1) is 16.3 Å². The molecule has 0 aromatic heterocycles. The fourth-order valence-electron chi connectivity index (χ4n) is 1.48. The van der Waals surface area contributed by atoms with E-state index in [1.165, 1.54) is 18.2 Å². The van der Waals surface area contributed by atoms with Crippen molar-refractivity contribution in [1.82, 2.24) is 0 Å². The molecule has 0 aliphatic carbocycles. The van der Waals surface area contributed by atoms with E-state index in [1.807, 2.05) is 6.92 Å². The van der Waals surface area contributed by atoms with Crippen molar-refractivity contribution in [3.8, 4) is 0 Å². The summed E-state index contributed by atoms with van der Waals surface area (Å²) in [7, 11) is -7.18. The summed E-state index contributed by atoms with van der Waals surface area (Å²) in [6, 6.07) is 4.02. The van der Waals surface area contributed by atoms with Gasteiger partial charge in [-0.2, -0.15) is 0 Å². The van der Waals surface area contributed by atoms with E-state index in [1.54, 1.807) is 6.92 Å². The lowest BCUT2D eigenvalue weighted by atomic mass is 10.2. The van der Waals surface area contributed by atoms with E-state index in [4.69, 9.17) is 5.14 Å². The smallest absolute Gasteiger partial charge is 0.238 e. The Labute approximate surface area is 114 Å². The van der Waals surface area contributed by atoms with E-state index in [9.17, 15) is 16.8 Å². The molecular weight excluding hydrogens is 288 g/mol. The zero-order valence-electron chi connectivity index (χ0n) is 10.9. The minimum atomic E-state index is -3.78. The van der Waals surface area contributed by atoms with Crippen LogP contribution in [0.4, 0.5) is 5.69 Å². The van der Waals surface area contributed by atoms with Crippen molar-refractivity contribution in [2.45, 2.75) is 31.6 Å². The molecule has 3 N–H and O–H groups in total. The van der Waals surface area contributed by atoms with Crippen LogP contribution in [0.5, 0.6) is 0 Å². The first kappa shape index (κ1) is 15.9. The van der Waals surface area contributed by atoms with Crippen LogP contribution in [-0.2, 0) is 20.0 Å². The number of nitrogens with two attached hydrogens (primary N) is 1. The molecule has 0 heterocycles. The number of anilines is 1. The highest BCUT2D eigenvalue weighted by Crippen LogP contribution is 2.20.